The zero-order chi connectivity index (χ0) is 13.0. The number of rotatable bonds is 4. The molecule has 0 spiro atoms. The van der Waals surface area contributed by atoms with Gasteiger partial charge >= 0.3 is 0 Å². The lowest BCUT2D eigenvalue weighted by Crippen LogP contribution is -2.31. The SMILES string of the molecule is Cc1cccc(C)c1CC(NN)c1ncccn1. The average molecular weight is 242 g/mol. The van der Waals surface area contributed by atoms with Crippen molar-refractivity contribution in [1.29, 1.82) is 0 Å². The van der Waals surface area contributed by atoms with E-state index in [0.717, 1.165) is 12.2 Å². The molecular weight excluding hydrogens is 224 g/mol. The van der Waals surface area contributed by atoms with Gasteiger partial charge in [0.15, 0.2) is 0 Å². The van der Waals surface area contributed by atoms with Crippen molar-refractivity contribution >= 4 is 0 Å². The third kappa shape index (κ3) is 2.72. The quantitative estimate of drug-likeness (QED) is 0.634. The highest BCUT2D eigenvalue weighted by Crippen LogP contribution is 2.20. The Morgan fingerprint density at radius 2 is 1.72 bits per heavy atom. The Morgan fingerprint density at radius 1 is 1.11 bits per heavy atom. The molecule has 1 aromatic heterocycles. The molecule has 2 rings (SSSR count). The second-order valence-corrected chi connectivity index (χ2v) is 4.40. The zero-order valence-corrected chi connectivity index (χ0v) is 10.7. The topological polar surface area (TPSA) is 63.8 Å². The van der Waals surface area contributed by atoms with Crippen molar-refractivity contribution in [2.45, 2.75) is 26.3 Å². The van der Waals surface area contributed by atoms with E-state index in [1.165, 1.54) is 16.7 Å². The van der Waals surface area contributed by atoms with E-state index in [4.69, 9.17) is 5.84 Å². The largest absolute Gasteiger partial charge is 0.271 e. The van der Waals surface area contributed by atoms with Gasteiger partial charge in [-0.25, -0.2) is 15.4 Å². The fourth-order valence-corrected chi connectivity index (χ4v) is 2.09. The number of benzene rings is 1. The first-order valence-electron chi connectivity index (χ1n) is 6.00. The van der Waals surface area contributed by atoms with Gasteiger partial charge in [0.2, 0.25) is 0 Å². The molecule has 0 radical (unpaired) electrons. The molecule has 2 aromatic rings. The lowest BCUT2D eigenvalue weighted by atomic mass is 9.96. The van der Waals surface area contributed by atoms with Gasteiger partial charge in [0.05, 0.1) is 6.04 Å². The van der Waals surface area contributed by atoms with Crippen LogP contribution in [0.15, 0.2) is 36.7 Å². The van der Waals surface area contributed by atoms with E-state index in [2.05, 4.69) is 47.4 Å². The van der Waals surface area contributed by atoms with Crippen molar-refractivity contribution in [3.05, 3.63) is 59.2 Å². The zero-order valence-electron chi connectivity index (χ0n) is 10.7. The molecule has 4 heteroatoms. The standard InChI is InChI=1S/C14H18N4/c1-10-5-3-6-11(2)12(10)9-13(18-15)14-16-7-4-8-17-14/h3-8,13,18H,9,15H2,1-2H3. The molecule has 1 aromatic carbocycles. The highest BCUT2D eigenvalue weighted by Gasteiger charge is 2.15. The van der Waals surface area contributed by atoms with Crippen molar-refractivity contribution in [3.8, 4) is 0 Å². The summed E-state index contributed by atoms with van der Waals surface area (Å²) in [6.45, 7) is 4.23. The summed E-state index contributed by atoms with van der Waals surface area (Å²) in [6, 6.07) is 8.03. The molecule has 0 aliphatic heterocycles. The molecule has 0 saturated heterocycles. The van der Waals surface area contributed by atoms with Crippen molar-refractivity contribution in [2.75, 3.05) is 0 Å². The van der Waals surface area contributed by atoms with E-state index < -0.39 is 0 Å². The predicted molar refractivity (Wildman–Crippen MR) is 71.7 cm³/mol. The van der Waals surface area contributed by atoms with E-state index in [9.17, 15) is 0 Å². The third-order valence-electron chi connectivity index (χ3n) is 3.15. The van der Waals surface area contributed by atoms with Crippen molar-refractivity contribution in [2.24, 2.45) is 5.84 Å². The average Bonchev–Trinajstić information content (AvgIpc) is 2.40. The van der Waals surface area contributed by atoms with Crippen LogP contribution in [0.5, 0.6) is 0 Å². The minimum absolute atomic E-state index is 0.0639. The molecule has 0 fully saturated rings. The lowest BCUT2D eigenvalue weighted by molar-refractivity contribution is 0.520. The van der Waals surface area contributed by atoms with Crippen molar-refractivity contribution in [3.63, 3.8) is 0 Å². The number of aromatic nitrogens is 2. The number of hydrogen-bond acceptors (Lipinski definition) is 4. The Balaban J connectivity index is 2.26. The van der Waals surface area contributed by atoms with Gasteiger partial charge in [-0.05, 0) is 43.0 Å². The summed E-state index contributed by atoms with van der Waals surface area (Å²) in [5, 5.41) is 0. The molecular formula is C14H18N4. The van der Waals surface area contributed by atoms with Gasteiger partial charge in [-0.15, -0.1) is 0 Å². The Kier molecular flexibility index (Phi) is 4.02. The normalized spacial score (nSPS) is 12.4. The van der Waals surface area contributed by atoms with Crippen LogP contribution in [0.1, 0.15) is 28.6 Å². The number of hydrazine groups is 1. The van der Waals surface area contributed by atoms with Gasteiger partial charge in [0.1, 0.15) is 5.82 Å². The van der Waals surface area contributed by atoms with Crippen LogP contribution in [-0.4, -0.2) is 9.97 Å². The van der Waals surface area contributed by atoms with E-state index in [1.54, 1.807) is 18.5 Å². The maximum Gasteiger partial charge on any atom is 0.146 e. The van der Waals surface area contributed by atoms with Crippen molar-refractivity contribution < 1.29 is 0 Å². The van der Waals surface area contributed by atoms with Crippen LogP contribution in [-0.2, 0) is 6.42 Å². The summed E-state index contributed by atoms with van der Waals surface area (Å²) in [4.78, 5) is 8.50. The summed E-state index contributed by atoms with van der Waals surface area (Å²) in [5.41, 5.74) is 6.63. The second kappa shape index (κ2) is 5.71. The fraction of sp³-hybridized carbons (Fsp3) is 0.286. The van der Waals surface area contributed by atoms with Crippen LogP contribution in [0.3, 0.4) is 0 Å². The number of nitrogens with one attached hydrogen (secondary N) is 1. The van der Waals surface area contributed by atoms with Gasteiger partial charge in [0, 0.05) is 12.4 Å². The van der Waals surface area contributed by atoms with Gasteiger partial charge in [-0.3, -0.25) is 5.84 Å². The third-order valence-corrected chi connectivity index (χ3v) is 3.15. The highest BCUT2D eigenvalue weighted by molar-refractivity contribution is 5.34. The molecule has 0 amide bonds. The van der Waals surface area contributed by atoms with E-state index >= 15 is 0 Å². The van der Waals surface area contributed by atoms with Gasteiger partial charge in [-0.1, -0.05) is 18.2 Å². The molecule has 94 valence electrons. The number of nitrogens with zero attached hydrogens (tertiary/aromatic N) is 2. The molecule has 4 nitrogen and oxygen atoms in total. The Morgan fingerprint density at radius 3 is 2.28 bits per heavy atom. The smallest absolute Gasteiger partial charge is 0.146 e. The van der Waals surface area contributed by atoms with E-state index in [-0.39, 0.29) is 6.04 Å². The molecule has 18 heavy (non-hydrogen) atoms. The first kappa shape index (κ1) is 12.7. The minimum atomic E-state index is -0.0639. The van der Waals surface area contributed by atoms with Crippen molar-refractivity contribution in [1.82, 2.24) is 15.4 Å². The van der Waals surface area contributed by atoms with Crippen LogP contribution in [0, 0.1) is 13.8 Å². The summed E-state index contributed by atoms with van der Waals surface area (Å²) in [7, 11) is 0. The maximum atomic E-state index is 5.62. The molecule has 1 atom stereocenters. The monoisotopic (exact) mass is 242 g/mol. The van der Waals surface area contributed by atoms with Crippen LogP contribution in [0.4, 0.5) is 0 Å². The molecule has 0 saturated carbocycles. The molecule has 1 heterocycles. The van der Waals surface area contributed by atoms with Crippen LogP contribution < -0.4 is 11.3 Å². The molecule has 1 unspecified atom stereocenters. The van der Waals surface area contributed by atoms with Gasteiger partial charge in [0.25, 0.3) is 0 Å². The second-order valence-electron chi connectivity index (χ2n) is 4.40. The highest BCUT2D eigenvalue weighted by atomic mass is 15.2. The Bertz CT molecular complexity index is 490. The number of hydrogen-bond donors (Lipinski definition) is 2. The van der Waals surface area contributed by atoms with Crippen LogP contribution in [0.25, 0.3) is 0 Å². The Labute approximate surface area is 107 Å². The summed E-state index contributed by atoms with van der Waals surface area (Å²) in [6.07, 6.45) is 4.26. The lowest BCUT2D eigenvalue weighted by Gasteiger charge is -2.17. The van der Waals surface area contributed by atoms with Crippen LogP contribution >= 0.6 is 0 Å². The summed E-state index contributed by atoms with van der Waals surface area (Å²) < 4.78 is 0. The number of nitrogens with two attached hydrogens (primary N) is 1. The van der Waals surface area contributed by atoms with Gasteiger partial charge in [-0.2, -0.15) is 0 Å². The van der Waals surface area contributed by atoms with Gasteiger partial charge < -0.3 is 0 Å². The molecule has 0 bridgehead atoms. The first-order valence-corrected chi connectivity index (χ1v) is 6.00. The molecule has 0 aliphatic carbocycles. The minimum Gasteiger partial charge on any atom is -0.271 e. The first-order chi connectivity index (χ1) is 8.72. The van der Waals surface area contributed by atoms with E-state index in [1.807, 2.05) is 0 Å². The molecule has 3 N–H and O–H groups in total. The van der Waals surface area contributed by atoms with Crippen LogP contribution in [0.2, 0.25) is 0 Å². The fourth-order valence-electron chi connectivity index (χ4n) is 2.09. The summed E-state index contributed by atoms with van der Waals surface area (Å²) >= 11 is 0. The van der Waals surface area contributed by atoms with E-state index in [0.29, 0.717) is 0 Å². The molecule has 0 aliphatic rings. The maximum absolute atomic E-state index is 5.62. The summed E-state index contributed by atoms with van der Waals surface area (Å²) in [5.74, 6) is 6.35. The number of aryl methyl sites for hydroxylation is 2. The Hall–Kier alpha value is -1.78. The predicted octanol–water partition coefficient (Wildman–Crippen LogP) is 1.84.